The molecule has 0 saturated carbocycles. The molecule has 0 fully saturated rings. The van der Waals surface area contributed by atoms with E-state index in [1.807, 2.05) is 62.4 Å². The van der Waals surface area contributed by atoms with Crippen LogP contribution in [0.15, 0.2) is 109 Å². The number of nitrogens with two attached hydrogens (primary N) is 2. The molecule has 5 heteroatoms. The molecule has 5 N–H and O–H groups in total. The zero-order valence-corrected chi connectivity index (χ0v) is 21.9. The number of nitrogens with zero attached hydrogens (tertiary/aromatic N) is 2. The molecule has 0 aliphatic heterocycles. The van der Waals surface area contributed by atoms with Gasteiger partial charge in [-0.2, -0.15) is 0 Å². The number of hydrogen-bond acceptors (Lipinski definition) is 4. The van der Waals surface area contributed by atoms with E-state index in [4.69, 9.17) is 11.5 Å². The van der Waals surface area contributed by atoms with Gasteiger partial charge in [-0.15, -0.1) is 0 Å². The first-order valence-corrected chi connectivity index (χ1v) is 12.6. The number of aromatic amines is 1. The van der Waals surface area contributed by atoms with Gasteiger partial charge in [-0.05, 0) is 96.1 Å². The minimum Gasteiger partial charge on any atom is -0.399 e. The standard InChI is InChI=1S/C30H29N5.C2H6/c1-34(27-15-7-23(31)8-16-27)25-11-3-21(4-12-25)29-19-20-30(33-29)22-5-13-26(14-6-22)35(2)28-17-9-24(32)10-18-28;1-2/h3-20,33H,31-32H2,1-2H3;1-2H3. The number of benzene rings is 4. The van der Waals surface area contributed by atoms with Gasteiger partial charge in [-0.1, -0.05) is 38.1 Å². The van der Waals surface area contributed by atoms with Gasteiger partial charge >= 0.3 is 0 Å². The summed E-state index contributed by atoms with van der Waals surface area (Å²) in [4.78, 5) is 7.85. The molecule has 0 atom stereocenters. The molecule has 0 amide bonds. The molecule has 0 radical (unpaired) electrons. The maximum absolute atomic E-state index is 5.81. The first-order chi connectivity index (χ1) is 18.0. The minimum atomic E-state index is 0.767. The Bertz CT molecular complexity index is 1290. The van der Waals surface area contributed by atoms with E-state index in [9.17, 15) is 0 Å². The molecule has 1 aromatic heterocycles. The number of nitrogens with one attached hydrogen (secondary N) is 1. The molecule has 0 aliphatic carbocycles. The Hall–Kier alpha value is -4.64. The average Bonchev–Trinajstić information content (AvgIpc) is 3.45. The summed E-state index contributed by atoms with van der Waals surface area (Å²) in [6.07, 6.45) is 0. The fourth-order valence-corrected chi connectivity index (χ4v) is 4.16. The van der Waals surface area contributed by atoms with Crippen molar-refractivity contribution < 1.29 is 0 Å². The van der Waals surface area contributed by atoms with Gasteiger partial charge in [0.05, 0.1) is 0 Å². The lowest BCUT2D eigenvalue weighted by molar-refractivity contribution is 1.21. The second kappa shape index (κ2) is 11.4. The van der Waals surface area contributed by atoms with Crippen LogP contribution in [0.3, 0.4) is 0 Å². The average molecular weight is 490 g/mol. The van der Waals surface area contributed by atoms with Crippen LogP contribution in [0.25, 0.3) is 22.5 Å². The third kappa shape index (κ3) is 5.78. The van der Waals surface area contributed by atoms with Crippen molar-refractivity contribution in [3.63, 3.8) is 0 Å². The number of H-pyrrole nitrogens is 1. The largest absolute Gasteiger partial charge is 0.399 e. The second-order valence-electron chi connectivity index (χ2n) is 8.68. The van der Waals surface area contributed by atoms with Crippen LogP contribution < -0.4 is 21.3 Å². The maximum Gasteiger partial charge on any atom is 0.0458 e. The van der Waals surface area contributed by atoms with E-state index in [1.165, 1.54) is 0 Å². The van der Waals surface area contributed by atoms with Crippen molar-refractivity contribution in [3.05, 3.63) is 109 Å². The Kier molecular flexibility index (Phi) is 7.84. The molecule has 188 valence electrons. The summed E-state index contributed by atoms with van der Waals surface area (Å²) < 4.78 is 0. The summed E-state index contributed by atoms with van der Waals surface area (Å²) in [5.74, 6) is 0. The van der Waals surface area contributed by atoms with Crippen molar-refractivity contribution in [1.29, 1.82) is 0 Å². The summed E-state index contributed by atoms with van der Waals surface area (Å²) in [6, 6.07) is 37.1. The fraction of sp³-hybridized carbons (Fsp3) is 0.125. The molecule has 37 heavy (non-hydrogen) atoms. The van der Waals surface area contributed by atoms with E-state index >= 15 is 0 Å². The van der Waals surface area contributed by atoms with Gasteiger partial charge in [-0.3, -0.25) is 0 Å². The number of hydrogen-bond donors (Lipinski definition) is 3. The Morgan fingerprint density at radius 2 is 0.703 bits per heavy atom. The number of anilines is 6. The number of rotatable bonds is 6. The number of aromatic nitrogens is 1. The summed E-state index contributed by atoms with van der Waals surface area (Å²) in [5, 5.41) is 0. The molecule has 1 heterocycles. The molecule has 0 unspecified atom stereocenters. The van der Waals surface area contributed by atoms with Crippen molar-refractivity contribution >= 4 is 34.1 Å². The van der Waals surface area contributed by atoms with Gasteiger partial charge in [0.15, 0.2) is 0 Å². The van der Waals surface area contributed by atoms with Crippen molar-refractivity contribution in [2.24, 2.45) is 0 Å². The SMILES string of the molecule is CC.CN(c1ccc(N)cc1)c1ccc(-c2ccc(-c3ccc(N(C)c4ccc(N)cc4)cc3)[nH]2)cc1. The quantitative estimate of drug-likeness (QED) is 0.211. The van der Waals surface area contributed by atoms with Crippen LogP contribution in [-0.4, -0.2) is 19.1 Å². The topological polar surface area (TPSA) is 74.3 Å². The lowest BCUT2D eigenvalue weighted by Gasteiger charge is -2.20. The van der Waals surface area contributed by atoms with Gasteiger partial charge in [0.1, 0.15) is 0 Å². The van der Waals surface area contributed by atoms with Crippen LogP contribution in [0.4, 0.5) is 34.1 Å². The Labute approximate surface area is 220 Å². The molecule has 0 bridgehead atoms. The second-order valence-corrected chi connectivity index (χ2v) is 8.68. The normalized spacial score (nSPS) is 10.4. The Morgan fingerprint density at radius 3 is 1.00 bits per heavy atom. The molecular weight excluding hydrogens is 454 g/mol. The van der Waals surface area contributed by atoms with Crippen LogP contribution in [0.2, 0.25) is 0 Å². The zero-order chi connectivity index (χ0) is 26.4. The Morgan fingerprint density at radius 1 is 0.432 bits per heavy atom. The van der Waals surface area contributed by atoms with E-state index in [0.717, 1.165) is 56.6 Å². The van der Waals surface area contributed by atoms with Crippen molar-refractivity contribution in [2.45, 2.75) is 13.8 Å². The predicted octanol–water partition coefficient (Wildman–Crippen LogP) is 8.08. The molecule has 4 aromatic carbocycles. The van der Waals surface area contributed by atoms with E-state index in [1.54, 1.807) is 0 Å². The lowest BCUT2D eigenvalue weighted by atomic mass is 10.1. The third-order valence-corrected chi connectivity index (χ3v) is 6.38. The minimum absolute atomic E-state index is 0.767. The van der Waals surface area contributed by atoms with Crippen molar-refractivity contribution in [3.8, 4) is 22.5 Å². The van der Waals surface area contributed by atoms with E-state index in [0.29, 0.717) is 0 Å². The lowest BCUT2D eigenvalue weighted by Crippen LogP contribution is -2.09. The summed E-state index contributed by atoms with van der Waals surface area (Å²) in [5.41, 5.74) is 22.1. The monoisotopic (exact) mass is 489 g/mol. The van der Waals surface area contributed by atoms with Crippen LogP contribution in [0.1, 0.15) is 13.8 Å². The fourth-order valence-electron chi connectivity index (χ4n) is 4.16. The van der Waals surface area contributed by atoms with Gasteiger partial charge in [0.2, 0.25) is 0 Å². The van der Waals surface area contributed by atoms with Crippen molar-refractivity contribution in [2.75, 3.05) is 35.4 Å². The molecule has 0 spiro atoms. The van der Waals surface area contributed by atoms with E-state index in [2.05, 4.69) is 89.5 Å². The van der Waals surface area contributed by atoms with E-state index in [-0.39, 0.29) is 0 Å². The van der Waals surface area contributed by atoms with Gasteiger partial charge in [0, 0.05) is 59.6 Å². The molecule has 0 aliphatic rings. The molecule has 5 aromatic rings. The molecule has 5 rings (SSSR count). The van der Waals surface area contributed by atoms with E-state index < -0.39 is 0 Å². The highest BCUT2D eigenvalue weighted by molar-refractivity contribution is 5.73. The maximum atomic E-state index is 5.81. The van der Waals surface area contributed by atoms with Crippen molar-refractivity contribution in [1.82, 2.24) is 4.98 Å². The number of nitrogen functional groups attached to an aromatic ring is 2. The predicted molar refractivity (Wildman–Crippen MR) is 161 cm³/mol. The summed E-state index contributed by atoms with van der Waals surface area (Å²) in [7, 11) is 4.11. The Balaban J connectivity index is 0.00000156. The third-order valence-electron chi connectivity index (χ3n) is 6.38. The highest BCUT2D eigenvalue weighted by Crippen LogP contribution is 2.31. The van der Waals surface area contributed by atoms with Crippen LogP contribution >= 0.6 is 0 Å². The molecular formula is C32H35N5. The smallest absolute Gasteiger partial charge is 0.0458 e. The van der Waals surface area contributed by atoms with Gasteiger partial charge < -0.3 is 26.3 Å². The van der Waals surface area contributed by atoms with Crippen LogP contribution in [0.5, 0.6) is 0 Å². The van der Waals surface area contributed by atoms with Gasteiger partial charge in [0.25, 0.3) is 0 Å². The highest BCUT2D eigenvalue weighted by Gasteiger charge is 2.09. The molecule has 5 nitrogen and oxygen atoms in total. The van der Waals surface area contributed by atoms with Crippen LogP contribution in [0, 0.1) is 0 Å². The van der Waals surface area contributed by atoms with Gasteiger partial charge in [-0.25, -0.2) is 0 Å². The summed E-state index contributed by atoms with van der Waals surface area (Å²) in [6.45, 7) is 4.00. The summed E-state index contributed by atoms with van der Waals surface area (Å²) >= 11 is 0. The van der Waals surface area contributed by atoms with Crippen LogP contribution in [-0.2, 0) is 0 Å². The zero-order valence-electron chi connectivity index (χ0n) is 21.9. The first kappa shape index (κ1) is 25.5. The highest BCUT2D eigenvalue weighted by atomic mass is 15.1. The molecule has 0 saturated heterocycles. The first-order valence-electron chi connectivity index (χ1n) is 12.6.